The molecule has 0 unspecified atom stereocenters. The van der Waals surface area contributed by atoms with Crippen LogP contribution in [0.5, 0.6) is 0 Å². The van der Waals surface area contributed by atoms with E-state index >= 15 is 0 Å². The molecule has 50 heavy (non-hydrogen) atoms. The molecule has 4 aliphatic rings. The van der Waals surface area contributed by atoms with E-state index in [1.807, 2.05) is 30.5 Å². The Morgan fingerprint density at radius 2 is 1.78 bits per heavy atom. The maximum atomic E-state index is 13.9. The molecular formula is C38H46N8O4. The van der Waals surface area contributed by atoms with Gasteiger partial charge >= 0.3 is 0 Å². The van der Waals surface area contributed by atoms with Gasteiger partial charge in [-0.15, -0.1) is 0 Å². The maximum absolute atomic E-state index is 13.9. The van der Waals surface area contributed by atoms with Crippen molar-refractivity contribution in [2.75, 3.05) is 61.1 Å². The van der Waals surface area contributed by atoms with E-state index in [4.69, 9.17) is 4.74 Å². The van der Waals surface area contributed by atoms with Gasteiger partial charge in [0.1, 0.15) is 23.0 Å². The van der Waals surface area contributed by atoms with Gasteiger partial charge in [-0.3, -0.25) is 19.4 Å². The summed E-state index contributed by atoms with van der Waals surface area (Å²) in [5.41, 5.74) is 6.59. The van der Waals surface area contributed by atoms with Crippen molar-refractivity contribution in [1.29, 1.82) is 0 Å². The van der Waals surface area contributed by atoms with Gasteiger partial charge in [0.2, 0.25) is 0 Å². The van der Waals surface area contributed by atoms with Crippen LogP contribution in [0, 0.1) is 5.41 Å². The lowest BCUT2D eigenvalue weighted by Gasteiger charge is -2.41. The van der Waals surface area contributed by atoms with Crippen molar-refractivity contribution >= 4 is 28.9 Å². The van der Waals surface area contributed by atoms with Crippen molar-refractivity contribution in [2.24, 2.45) is 12.5 Å². The number of aryl methyl sites for hydroxylation is 1. The summed E-state index contributed by atoms with van der Waals surface area (Å²) in [6.07, 6.45) is 9.42. The summed E-state index contributed by atoms with van der Waals surface area (Å²) in [7, 11) is 1.71. The fraction of sp³-hybridized carbons (Fsp3) is 0.474. The van der Waals surface area contributed by atoms with Crippen LogP contribution >= 0.6 is 0 Å². The molecule has 1 amide bonds. The molecule has 0 aromatic carbocycles. The Bertz CT molecular complexity index is 1970. The van der Waals surface area contributed by atoms with Crippen molar-refractivity contribution in [1.82, 2.24) is 24.0 Å². The van der Waals surface area contributed by atoms with Crippen LogP contribution in [0.4, 0.5) is 23.0 Å². The quantitative estimate of drug-likeness (QED) is 0.299. The number of carbonyl (C=O) groups excluding carboxylic acids is 1. The van der Waals surface area contributed by atoms with E-state index in [1.165, 1.54) is 15.8 Å². The molecule has 4 aromatic heterocycles. The van der Waals surface area contributed by atoms with Crippen molar-refractivity contribution in [3.8, 4) is 11.1 Å². The molecule has 262 valence electrons. The number of aliphatic hydroxyl groups excluding tert-OH is 1. The molecule has 1 aliphatic carbocycles. The summed E-state index contributed by atoms with van der Waals surface area (Å²) in [6, 6.07) is 10.2. The molecule has 2 N–H and O–H groups in total. The number of amides is 1. The molecule has 0 radical (unpaired) electrons. The summed E-state index contributed by atoms with van der Waals surface area (Å²) < 4.78 is 9.24. The summed E-state index contributed by atoms with van der Waals surface area (Å²) in [5, 5.41) is 13.9. The normalized spacial score (nSPS) is 19.5. The van der Waals surface area contributed by atoms with Crippen LogP contribution in [0.25, 0.3) is 11.1 Å². The van der Waals surface area contributed by atoms with Crippen molar-refractivity contribution < 1.29 is 14.6 Å². The zero-order chi connectivity index (χ0) is 34.6. The standard InChI is InChI=1S/C38H46N8O4/c1-38(2)20-25-19-32-37(49)46(15-14-45(32)33(25)21-38)35-30(24-47)29(6-9-39-35)26-18-31(36(48)42(3)23-26)41-34-5-4-28(22-40-34)44-12-10-43(11-13-44)27-7-16-50-17-8-27/h4-6,9,18-19,22-23,27,47H,7-8,10-17,20-21,24H2,1-3H3,(H,40,41). The van der Waals surface area contributed by atoms with Gasteiger partial charge in [0.15, 0.2) is 0 Å². The minimum atomic E-state index is -0.314. The second kappa shape index (κ2) is 13.0. The number of hydrogen-bond acceptors (Lipinski definition) is 9. The SMILES string of the molecule is Cn1cc(-c2ccnc(N3CCn4c(cc5c4CC(C)(C)C5)C3=O)c2CO)cc(Nc2ccc(N3CCN(C4CCOCC4)CC3)cn2)c1=O. The zero-order valence-electron chi connectivity index (χ0n) is 29.2. The van der Waals surface area contributed by atoms with Crippen LogP contribution in [0.2, 0.25) is 0 Å². The molecular weight excluding hydrogens is 632 g/mol. The first-order valence-electron chi connectivity index (χ1n) is 17.8. The van der Waals surface area contributed by atoms with E-state index in [2.05, 4.69) is 43.5 Å². The first-order valence-corrected chi connectivity index (χ1v) is 17.8. The van der Waals surface area contributed by atoms with Crippen molar-refractivity contribution in [3.63, 3.8) is 0 Å². The Kier molecular flexibility index (Phi) is 8.48. The number of fused-ring (bicyclic) bond motifs is 3. The Labute approximate surface area is 292 Å². The second-order valence-electron chi connectivity index (χ2n) is 14.9. The van der Waals surface area contributed by atoms with E-state index < -0.39 is 0 Å². The summed E-state index contributed by atoms with van der Waals surface area (Å²) >= 11 is 0. The molecule has 12 heteroatoms. The minimum Gasteiger partial charge on any atom is -0.392 e. The third kappa shape index (κ3) is 5.99. The van der Waals surface area contributed by atoms with Crippen LogP contribution in [-0.4, -0.2) is 87.0 Å². The van der Waals surface area contributed by atoms with Crippen molar-refractivity contribution in [2.45, 2.75) is 58.7 Å². The number of nitrogens with zero attached hydrogens (tertiary/aromatic N) is 7. The lowest BCUT2D eigenvalue weighted by molar-refractivity contribution is 0.0321. The number of aromatic nitrogens is 4. The Morgan fingerprint density at radius 3 is 2.52 bits per heavy atom. The molecule has 0 spiro atoms. The average molecular weight is 679 g/mol. The van der Waals surface area contributed by atoms with Crippen LogP contribution in [0.1, 0.15) is 54.0 Å². The van der Waals surface area contributed by atoms with Gasteiger partial charge in [0.05, 0.1) is 18.5 Å². The molecule has 3 aliphatic heterocycles. The zero-order valence-corrected chi connectivity index (χ0v) is 29.2. The maximum Gasteiger partial charge on any atom is 0.276 e. The Balaban J connectivity index is 1.01. The van der Waals surface area contributed by atoms with Crippen LogP contribution in [0.15, 0.2) is 53.7 Å². The number of rotatable bonds is 7. The lowest BCUT2D eigenvalue weighted by Crippen LogP contribution is -2.51. The van der Waals surface area contributed by atoms with E-state index in [0.717, 1.165) is 76.3 Å². The lowest BCUT2D eigenvalue weighted by atomic mass is 9.90. The highest BCUT2D eigenvalue weighted by atomic mass is 16.5. The third-order valence-electron chi connectivity index (χ3n) is 11.0. The average Bonchev–Trinajstić information content (AvgIpc) is 3.63. The minimum absolute atomic E-state index is 0.110. The predicted octanol–water partition coefficient (Wildman–Crippen LogP) is 3.97. The highest BCUT2D eigenvalue weighted by Crippen LogP contribution is 2.40. The van der Waals surface area contributed by atoms with E-state index in [0.29, 0.717) is 53.3 Å². The van der Waals surface area contributed by atoms with Gasteiger partial charge in [-0.05, 0) is 72.6 Å². The number of anilines is 4. The predicted molar refractivity (Wildman–Crippen MR) is 193 cm³/mol. The highest BCUT2D eigenvalue weighted by molar-refractivity contribution is 6.06. The molecule has 4 aromatic rings. The second-order valence-corrected chi connectivity index (χ2v) is 14.9. The largest absolute Gasteiger partial charge is 0.392 e. The fourth-order valence-corrected chi connectivity index (χ4v) is 8.38. The molecule has 8 rings (SSSR count). The first-order chi connectivity index (χ1) is 24.2. The summed E-state index contributed by atoms with van der Waals surface area (Å²) in [5.74, 6) is 0.900. The molecule has 12 nitrogen and oxygen atoms in total. The highest BCUT2D eigenvalue weighted by Gasteiger charge is 2.37. The number of aliphatic hydroxyl groups is 1. The van der Waals surface area contributed by atoms with Crippen LogP contribution in [-0.2, 0) is 37.8 Å². The fourth-order valence-electron chi connectivity index (χ4n) is 8.38. The molecule has 0 saturated carbocycles. The van der Waals surface area contributed by atoms with E-state index in [9.17, 15) is 14.7 Å². The molecule has 2 fully saturated rings. The van der Waals surface area contributed by atoms with Gasteiger partial charge in [-0.25, -0.2) is 9.97 Å². The smallest absolute Gasteiger partial charge is 0.276 e. The number of nitrogens with one attached hydrogen (secondary N) is 1. The van der Waals surface area contributed by atoms with Gasteiger partial charge in [0.25, 0.3) is 11.5 Å². The molecule has 0 atom stereocenters. The van der Waals surface area contributed by atoms with Gasteiger partial charge in [-0.2, -0.15) is 0 Å². The van der Waals surface area contributed by atoms with Gasteiger partial charge in [-0.1, -0.05) is 13.8 Å². The third-order valence-corrected chi connectivity index (χ3v) is 11.0. The number of hydrogen-bond donors (Lipinski definition) is 2. The first kappa shape index (κ1) is 32.7. The monoisotopic (exact) mass is 678 g/mol. The van der Waals surface area contributed by atoms with Crippen LogP contribution in [0.3, 0.4) is 0 Å². The molecule has 7 heterocycles. The van der Waals surface area contributed by atoms with Crippen LogP contribution < -0.4 is 20.7 Å². The number of carbonyl (C=O) groups is 1. The Hall–Kier alpha value is -4.52. The molecule has 2 saturated heterocycles. The summed E-state index contributed by atoms with van der Waals surface area (Å²) in [4.78, 5) is 43.1. The van der Waals surface area contributed by atoms with Crippen molar-refractivity contribution in [3.05, 3.63) is 81.8 Å². The summed E-state index contributed by atoms with van der Waals surface area (Å²) in [6.45, 7) is 11.0. The number of ether oxygens (including phenoxy) is 1. The topological polar surface area (TPSA) is 121 Å². The van der Waals surface area contributed by atoms with E-state index in [-0.39, 0.29) is 23.5 Å². The van der Waals surface area contributed by atoms with E-state index in [1.54, 1.807) is 30.4 Å². The van der Waals surface area contributed by atoms with Gasteiger partial charge < -0.3 is 29.2 Å². The number of pyridine rings is 3. The number of piperazine rings is 1. The Morgan fingerprint density at radius 1 is 0.980 bits per heavy atom. The van der Waals surface area contributed by atoms with Gasteiger partial charge in [0, 0.05) is 94.8 Å². The molecule has 0 bridgehead atoms.